The second kappa shape index (κ2) is 5.99. The number of nitrogens with one attached hydrogen (secondary N) is 1. The summed E-state index contributed by atoms with van der Waals surface area (Å²) in [5, 5.41) is 11.6. The van der Waals surface area contributed by atoms with Crippen molar-refractivity contribution in [2.45, 2.75) is 47.1 Å². The van der Waals surface area contributed by atoms with Gasteiger partial charge in [-0.3, -0.25) is 4.79 Å². The number of rotatable bonds is 4. The summed E-state index contributed by atoms with van der Waals surface area (Å²) in [6, 6.07) is -0.405. The molecule has 0 aliphatic rings. The zero-order valence-corrected chi connectivity index (χ0v) is 10.7. The van der Waals surface area contributed by atoms with E-state index in [1.807, 2.05) is 20.8 Å². The Morgan fingerprint density at radius 1 is 1.38 bits per heavy atom. The van der Waals surface area contributed by atoms with Crippen molar-refractivity contribution in [1.29, 1.82) is 0 Å². The Kier molecular flexibility index (Phi) is 5.65. The Morgan fingerprint density at radius 2 is 1.88 bits per heavy atom. The predicted octanol–water partition coefficient (Wildman–Crippen LogP) is 2.16. The lowest BCUT2D eigenvalue weighted by Crippen LogP contribution is -2.40. The van der Waals surface area contributed by atoms with Gasteiger partial charge in [0.05, 0.1) is 12.6 Å². The van der Waals surface area contributed by atoms with Crippen molar-refractivity contribution in [3.63, 3.8) is 0 Å². The van der Waals surface area contributed by atoms with E-state index in [4.69, 9.17) is 5.11 Å². The first kappa shape index (κ1) is 15.1. The van der Waals surface area contributed by atoms with Crippen LogP contribution in [0.25, 0.3) is 0 Å². The van der Waals surface area contributed by atoms with Crippen molar-refractivity contribution in [2.24, 2.45) is 5.41 Å². The van der Waals surface area contributed by atoms with Crippen LogP contribution < -0.4 is 5.32 Å². The van der Waals surface area contributed by atoms with Crippen LogP contribution in [0.15, 0.2) is 11.4 Å². The average molecular weight is 231 g/mol. The molecular weight excluding hydrogens is 209 g/mol. The number of allylic oxidation sites excluding steroid dienone is 1. The number of amides is 1. The molecular formula is C12H22FNO2. The first-order chi connectivity index (χ1) is 7.17. The molecule has 0 spiro atoms. The molecule has 0 heterocycles. The van der Waals surface area contributed by atoms with Crippen LogP contribution in [0.1, 0.15) is 41.0 Å². The van der Waals surface area contributed by atoms with Crippen molar-refractivity contribution < 1.29 is 14.3 Å². The Balaban J connectivity index is 4.46. The molecule has 0 aromatic heterocycles. The molecule has 0 saturated heterocycles. The summed E-state index contributed by atoms with van der Waals surface area (Å²) in [5.41, 5.74) is 0.312. The molecule has 2 N–H and O–H groups in total. The van der Waals surface area contributed by atoms with E-state index in [9.17, 15) is 9.18 Å². The number of carbonyl (C=O) groups excluding carboxylic acids is 1. The predicted molar refractivity (Wildman–Crippen MR) is 62.6 cm³/mol. The van der Waals surface area contributed by atoms with Gasteiger partial charge >= 0.3 is 0 Å². The summed E-state index contributed by atoms with van der Waals surface area (Å²) in [6.45, 7) is 8.88. The fraction of sp³-hybridized carbons (Fsp3) is 0.750. The van der Waals surface area contributed by atoms with Gasteiger partial charge in [0.15, 0.2) is 5.83 Å². The van der Waals surface area contributed by atoms with Gasteiger partial charge in [0.1, 0.15) is 0 Å². The van der Waals surface area contributed by atoms with Crippen LogP contribution in [-0.2, 0) is 4.79 Å². The molecule has 0 fully saturated rings. The molecule has 4 heteroatoms. The molecule has 0 aliphatic heterocycles. The molecule has 1 unspecified atom stereocenters. The summed E-state index contributed by atoms with van der Waals surface area (Å²) < 4.78 is 13.2. The molecule has 0 aromatic carbocycles. The zero-order valence-electron chi connectivity index (χ0n) is 10.7. The normalized spacial score (nSPS) is 13.2. The first-order valence-electron chi connectivity index (χ1n) is 5.42. The summed E-state index contributed by atoms with van der Waals surface area (Å²) in [5.74, 6) is -1.52. The minimum Gasteiger partial charge on any atom is -0.394 e. The third-order valence-electron chi connectivity index (χ3n) is 2.05. The lowest BCUT2D eigenvalue weighted by Gasteiger charge is -2.25. The van der Waals surface area contributed by atoms with Crippen LogP contribution >= 0.6 is 0 Å². The van der Waals surface area contributed by atoms with Gasteiger partial charge in [0.2, 0.25) is 0 Å². The van der Waals surface area contributed by atoms with Crippen LogP contribution in [0.2, 0.25) is 0 Å². The second-order valence-corrected chi connectivity index (χ2v) is 5.43. The third kappa shape index (κ3) is 5.85. The first-order valence-corrected chi connectivity index (χ1v) is 5.42. The van der Waals surface area contributed by atoms with Crippen molar-refractivity contribution in [3.05, 3.63) is 11.4 Å². The van der Waals surface area contributed by atoms with E-state index in [-0.39, 0.29) is 12.0 Å². The molecule has 1 amide bonds. The fourth-order valence-electron chi connectivity index (χ4n) is 1.38. The van der Waals surface area contributed by atoms with Gasteiger partial charge in [-0.25, -0.2) is 4.39 Å². The van der Waals surface area contributed by atoms with Gasteiger partial charge in [-0.2, -0.15) is 0 Å². The summed E-state index contributed by atoms with van der Waals surface area (Å²) in [7, 11) is 0. The molecule has 0 aromatic rings. The average Bonchev–Trinajstić information content (AvgIpc) is 2.13. The number of halogens is 1. The molecule has 0 radical (unpaired) electrons. The van der Waals surface area contributed by atoms with Gasteiger partial charge < -0.3 is 10.4 Å². The second-order valence-electron chi connectivity index (χ2n) is 5.43. The van der Waals surface area contributed by atoms with Crippen molar-refractivity contribution >= 4 is 5.91 Å². The van der Waals surface area contributed by atoms with E-state index in [2.05, 4.69) is 5.32 Å². The largest absolute Gasteiger partial charge is 0.394 e. The monoisotopic (exact) mass is 231 g/mol. The number of hydrogen-bond acceptors (Lipinski definition) is 2. The third-order valence-corrected chi connectivity index (χ3v) is 2.05. The van der Waals surface area contributed by atoms with Crippen LogP contribution in [0.4, 0.5) is 4.39 Å². The maximum absolute atomic E-state index is 13.2. The highest BCUT2D eigenvalue weighted by Gasteiger charge is 2.21. The Hall–Kier alpha value is -0.900. The van der Waals surface area contributed by atoms with Crippen LogP contribution in [0.3, 0.4) is 0 Å². The highest BCUT2D eigenvalue weighted by atomic mass is 19.1. The summed E-state index contributed by atoms with van der Waals surface area (Å²) >= 11 is 0. The minimum absolute atomic E-state index is 0.0257. The smallest absolute Gasteiger partial charge is 0.280 e. The van der Waals surface area contributed by atoms with Crippen molar-refractivity contribution in [1.82, 2.24) is 5.32 Å². The van der Waals surface area contributed by atoms with E-state index in [1.54, 1.807) is 0 Å². The number of carbonyl (C=O) groups is 1. The van der Waals surface area contributed by atoms with E-state index >= 15 is 0 Å². The van der Waals surface area contributed by atoms with Crippen LogP contribution in [0, 0.1) is 5.41 Å². The number of aliphatic hydroxyl groups is 1. The van der Waals surface area contributed by atoms with Crippen molar-refractivity contribution in [3.8, 4) is 0 Å². The highest BCUT2D eigenvalue weighted by Crippen LogP contribution is 2.20. The number of aliphatic hydroxyl groups excluding tert-OH is 1. The van der Waals surface area contributed by atoms with Crippen LogP contribution in [-0.4, -0.2) is 23.7 Å². The standard InChI is InChI=1S/C12H22FNO2/c1-8(2)10(13)11(16)14-9(7-15)6-12(3,4)5/h9,15H,6-7H2,1-5H3,(H,14,16). The minimum atomic E-state index is -0.771. The quantitative estimate of drug-likeness (QED) is 0.728. The van der Waals surface area contributed by atoms with Crippen molar-refractivity contribution in [2.75, 3.05) is 6.61 Å². The Labute approximate surface area is 96.7 Å². The molecule has 1 atom stereocenters. The van der Waals surface area contributed by atoms with Gasteiger partial charge in [-0.15, -0.1) is 0 Å². The Bertz CT molecular complexity index is 275. The SMILES string of the molecule is CC(C)=C(F)C(=O)NC(CO)CC(C)(C)C. The van der Waals surface area contributed by atoms with E-state index in [0.29, 0.717) is 12.0 Å². The van der Waals surface area contributed by atoms with E-state index in [1.165, 1.54) is 13.8 Å². The fourth-order valence-corrected chi connectivity index (χ4v) is 1.38. The molecule has 16 heavy (non-hydrogen) atoms. The topological polar surface area (TPSA) is 49.3 Å². The summed E-state index contributed by atoms with van der Waals surface area (Å²) in [6.07, 6.45) is 0.602. The van der Waals surface area contributed by atoms with E-state index in [0.717, 1.165) is 0 Å². The van der Waals surface area contributed by atoms with E-state index < -0.39 is 17.8 Å². The maximum atomic E-state index is 13.2. The number of hydrogen-bond donors (Lipinski definition) is 2. The van der Waals surface area contributed by atoms with Gasteiger partial charge in [0, 0.05) is 0 Å². The molecule has 3 nitrogen and oxygen atoms in total. The Morgan fingerprint density at radius 3 is 2.19 bits per heavy atom. The highest BCUT2D eigenvalue weighted by molar-refractivity contribution is 5.91. The molecule has 0 rings (SSSR count). The van der Waals surface area contributed by atoms with Gasteiger partial charge in [-0.1, -0.05) is 20.8 Å². The molecule has 0 bridgehead atoms. The summed E-state index contributed by atoms with van der Waals surface area (Å²) in [4.78, 5) is 11.4. The molecule has 0 aliphatic carbocycles. The lowest BCUT2D eigenvalue weighted by atomic mass is 9.88. The molecule has 0 saturated carbocycles. The maximum Gasteiger partial charge on any atom is 0.280 e. The lowest BCUT2D eigenvalue weighted by molar-refractivity contribution is -0.120. The molecule has 94 valence electrons. The van der Waals surface area contributed by atoms with Gasteiger partial charge in [-0.05, 0) is 31.3 Å². The van der Waals surface area contributed by atoms with Gasteiger partial charge in [0.25, 0.3) is 5.91 Å². The zero-order chi connectivity index (χ0) is 12.9. The van der Waals surface area contributed by atoms with Crippen LogP contribution in [0.5, 0.6) is 0 Å².